The monoisotopic (exact) mass is 258 g/mol. The Morgan fingerprint density at radius 1 is 1.16 bits per heavy atom. The topological polar surface area (TPSA) is 75.4 Å². The molecule has 5 heteroatoms. The molecule has 19 heavy (non-hydrogen) atoms. The molecule has 0 amide bonds. The third kappa shape index (κ3) is 3.01. The summed E-state index contributed by atoms with van der Waals surface area (Å²) in [7, 11) is 0. The molecule has 0 fully saturated rings. The first-order chi connectivity index (χ1) is 9.08. The average Bonchev–Trinajstić information content (AvgIpc) is 2.41. The van der Waals surface area contributed by atoms with Crippen molar-refractivity contribution in [1.82, 2.24) is 0 Å². The summed E-state index contributed by atoms with van der Waals surface area (Å²) < 4.78 is 0. The second-order valence-electron chi connectivity index (χ2n) is 4.23. The summed E-state index contributed by atoms with van der Waals surface area (Å²) in [6.07, 6.45) is 0. The number of para-hydroxylation sites is 1. The fourth-order valence-corrected chi connectivity index (χ4v) is 1.91. The molecule has 0 saturated heterocycles. The number of hydrogen-bond acceptors (Lipinski definition) is 4. The highest BCUT2D eigenvalue weighted by molar-refractivity contribution is 5.51. The smallest absolute Gasteiger partial charge is 0.274 e. The van der Waals surface area contributed by atoms with Gasteiger partial charge in [-0.15, -0.1) is 0 Å². The number of nitro groups is 1. The van der Waals surface area contributed by atoms with Crippen LogP contribution in [0.15, 0.2) is 48.5 Å². The van der Waals surface area contributed by atoms with Crippen LogP contribution in [0.2, 0.25) is 0 Å². The van der Waals surface area contributed by atoms with Crippen molar-refractivity contribution in [1.29, 1.82) is 0 Å². The Bertz CT molecular complexity index is 581. The first-order valence-electron chi connectivity index (χ1n) is 5.87. The molecule has 2 N–H and O–H groups in total. The van der Waals surface area contributed by atoms with Crippen molar-refractivity contribution in [3.8, 4) is 5.75 Å². The third-order valence-electron chi connectivity index (χ3n) is 2.85. The van der Waals surface area contributed by atoms with Gasteiger partial charge < -0.3 is 10.4 Å². The quantitative estimate of drug-likeness (QED) is 0.500. The normalized spacial score (nSPS) is 11.8. The first kappa shape index (κ1) is 12.9. The minimum absolute atomic E-state index is 0.0984. The molecule has 2 aromatic rings. The highest BCUT2D eigenvalue weighted by atomic mass is 16.6. The van der Waals surface area contributed by atoms with Crippen molar-refractivity contribution in [3.63, 3.8) is 0 Å². The van der Waals surface area contributed by atoms with Crippen LogP contribution in [0.25, 0.3) is 0 Å². The molecule has 1 atom stereocenters. The molecule has 0 heterocycles. The second-order valence-corrected chi connectivity index (χ2v) is 4.23. The zero-order valence-corrected chi connectivity index (χ0v) is 10.4. The zero-order chi connectivity index (χ0) is 13.8. The van der Waals surface area contributed by atoms with Crippen LogP contribution in [0.4, 0.5) is 11.4 Å². The average molecular weight is 258 g/mol. The summed E-state index contributed by atoms with van der Waals surface area (Å²) in [4.78, 5) is 10.6. The second kappa shape index (κ2) is 5.39. The van der Waals surface area contributed by atoms with Gasteiger partial charge in [0.15, 0.2) is 0 Å². The zero-order valence-electron chi connectivity index (χ0n) is 10.4. The van der Waals surface area contributed by atoms with Crippen LogP contribution in [0.1, 0.15) is 18.5 Å². The number of anilines is 1. The molecule has 0 radical (unpaired) electrons. The van der Waals surface area contributed by atoms with Gasteiger partial charge in [0.1, 0.15) is 5.75 Å². The number of nitrogens with zero attached hydrogens (tertiary/aromatic N) is 1. The van der Waals surface area contributed by atoms with Gasteiger partial charge in [0.05, 0.1) is 16.5 Å². The first-order valence-corrected chi connectivity index (χ1v) is 5.87. The summed E-state index contributed by atoms with van der Waals surface area (Å²) in [5.41, 5.74) is 1.52. The lowest BCUT2D eigenvalue weighted by atomic mass is 10.1. The third-order valence-corrected chi connectivity index (χ3v) is 2.85. The van der Waals surface area contributed by atoms with Crippen LogP contribution in [0, 0.1) is 10.1 Å². The summed E-state index contributed by atoms with van der Waals surface area (Å²) in [6, 6.07) is 13.0. The summed E-state index contributed by atoms with van der Waals surface area (Å²) in [5, 5.41) is 23.3. The number of hydrogen-bond donors (Lipinski definition) is 2. The molecule has 0 aliphatic carbocycles. The van der Waals surface area contributed by atoms with E-state index in [1.165, 1.54) is 6.07 Å². The number of rotatable bonds is 4. The summed E-state index contributed by atoms with van der Waals surface area (Å²) >= 11 is 0. The highest BCUT2D eigenvalue weighted by Gasteiger charge is 2.17. The van der Waals surface area contributed by atoms with Crippen molar-refractivity contribution in [3.05, 3.63) is 64.2 Å². The Labute approximate surface area is 110 Å². The van der Waals surface area contributed by atoms with Gasteiger partial charge in [0, 0.05) is 11.8 Å². The number of phenols is 1. The van der Waals surface area contributed by atoms with Crippen LogP contribution in [0.5, 0.6) is 5.75 Å². The van der Waals surface area contributed by atoms with E-state index >= 15 is 0 Å². The maximum Gasteiger partial charge on any atom is 0.274 e. The maximum absolute atomic E-state index is 11.0. The molecule has 0 bridgehead atoms. The Morgan fingerprint density at radius 3 is 2.42 bits per heavy atom. The van der Waals surface area contributed by atoms with Gasteiger partial charge in [-0.05, 0) is 31.2 Å². The Kier molecular flexibility index (Phi) is 3.66. The molecule has 0 aromatic heterocycles. The van der Waals surface area contributed by atoms with Gasteiger partial charge in [-0.25, -0.2) is 0 Å². The molecular formula is C14H14N2O3. The van der Waals surface area contributed by atoms with Crippen LogP contribution in [-0.2, 0) is 0 Å². The minimum Gasteiger partial charge on any atom is -0.508 e. The van der Waals surface area contributed by atoms with Crippen molar-refractivity contribution >= 4 is 11.4 Å². The van der Waals surface area contributed by atoms with E-state index in [4.69, 9.17) is 0 Å². The standard InChI is InChI=1S/C14H14N2O3/c1-10(15-11-6-8-12(17)9-7-11)13-4-2-3-5-14(13)16(18)19/h2-10,15,17H,1H3. The number of phenolic OH excluding ortho intramolecular Hbond substituents is 1. The molecule has 1 unspecified atom stereocenters. The fourth-order valence-electron chi connectivity index (χ4n) is 1.91. The predicted octanol–water partition coefficient (Wildman–Crippen LogP) is 3.47. The van der Waals surface area contributed by atoms with E-state index in [-0.39, 0.29) is 22.4 Å². The summed E-state index contributed by atoms with van der Waals surface area (Å²) in [6.45, 7) is 1.86. The van der Waals surface area contributed by atoms with Crippen LogP contribution in [0.3, 0.4) is 0 Å². The maximum atomic E-state index is 11.0. The molecule has 2 aromatic carbocycles. The molecule has 5 nitrogen and oxygen atoms in total. The molecular weight excluding hydrogens is 244 g/mol. The van der Waals surface area contributed by atoms with Gasteiger partial charge in [-0.3, -0.25) is 10.1 Å². The van der Waals surface area contributed by atoms with Crippen molar-refractivity contribution in [2.24, 2.45) is 0 Å². The molecule has 0 spiro atoms. The van der Waals surface area contributed by atoms with Crippen LogP contribution in [-0.4, -0.2) is 10.0 Å². The van der Waals surface area contributed by atoms with E-state index in [0.29, 0.717) is 5.56 Å². The Balaban J connectivity index is 2.22. The van der Waals surface area contributed by atoms with Gasteiger partial charge in [0.2, 0.25) is 0 Å². The lowest BCUT2D eigenvalue weighted by molar-refractivity contribution is -0.385. The highest BCUT2D eigenvalue weighted by Crippen LogP contribution is 2.27. The van der Waals surface area contributed by atoms with Crippen molar-refractivity contribution in [2.75, 3.05) is 5.32 Å². The van der Waals surface area contributed by atoms with E-state index in [1.54, 1.807) is 42.5 Å². The van der Waals surface area contributed by atoms with Gasteiger partial charge in [-0.1, -0.05) is 18.2 Å². The van der Waals surface area contributed by atoms with Crippen LogP contribution < -0.4 is 5.32 Å². The lowest BCUT2D eigenvalue weighted by Crippen LogP contribution is -2.08. The predicted molar refractivity (Wildman–Crippen MR) is 73.2 cm³/mol. The minimum atomic E-state index is -0.385. The van der Waals surface area contributed by atoms with E-state index < -0.39 is 0 Å². The Morgan fingerprint density at radius 2 is 1.79 bits per heavy atom. The van der Waals surface area contributed by atoms with E-state index in [9.17, 15) is 15.2 Å². The largest absolute Gasteiger partial charge is 0.508 e. The SMILES string of the molecule is CC(Nc1ccc(O)cc1)c1ccccc1[N+](=O)[O-]. The summed E-state index contributed by atoms with van der Waals surface area (Å²) in [5.74, 6) is 0.184. The molecule has 98 valence electrons. The van der Waals surface area contributed by atoms with E-state index in [0.717, 1.165) is 5.69 Å². The molecule has 2 rings (SSSR count). The number of aromatic hydroxyl groups is 1. The van der Waals surface area contributed by atoms with Crippen molar-refractivity contribution < 1.29 is 10.0 Å². The molecule has 0 aliphatic heterocycles. The fraction of sp³-hybridized carbons (Fsp3) is 0.143. The van der Waals surface area contributed by atoms with Crippen LogP contribution >= 0.6 is 0 Å². The number of benzene rings is 2. The Hall–Kier alpha value is -2.56. The number of nitro benzene ring substituents is 1. The number of nitrogens with one attached hydrogen (secondary N) is 1. The molecule has 0 aliphatic rings. The van der Waals surface area contributed by atoms with E-state index in [2.05, 4.69) is 5.32 Å². The lowest BCUT2D eigenvalue weighted by Gasteiger charge is -2.15. The van der Waals surface area contributed by atoms with Gasteiger partial charge >= 0.3 is 0 Å². The van der Waals surface area contributed by atoms with E-state index in [1.807, 2.05) is 6.92 Å². The van der Waals surface area contributed by atoms with Gasteiger partial charge in [0.25, 0.3) is 5.69 Å². The molecule has 0 saturated carbocycles. The van der Waals surface area contributed by atoms with Crippen molar-refractivity contribution in [2.45, 2.75) is 13.0 Å². The van der Waals surface area contributed by atoms with Gasteiger partial charge in [-0.2, -0.15) is 0 Å².